The molecule has 7 rings (SSSR count). The molecule has 0 spiro atoms. The van der Waals surface area contributed by atoms with Gasteiger partial charge in [-0.05, 0) is 62.3 Å². The van der Waals surface area contributed by atoms with Crippen molar-refractivity contribution in [3.8, 4) is 10.4 Å². The number of para-hydroxylation sites is 1. The van der Waals surface area contributed by atoms with Gasteiger partial charge in [0.2, 0.25) is 0 Å². The van der Waals surface area contributed by atoms with Crippen LogP contribution in [0.4, 0.5) is 0 Å². The minimum atomic E-state index is -0.196. The Morgan fingerprint density at radius 1 is 1.19 bits per heavy atom. The summed E-state index contributed by atoms with van der Waals surface area (Å²) in [7, 11) is 1.71. The van der Waals surface area contributed by atoms with E-state index in [0.29, 0.717) is 13.2 Å². The molecule has 6 heteroatoms. The first-order chi connectivity index (χ1) is 15.1. The number of rotatable bonds is 5. The quantitative estimate of drug-likeness (QED) is 0.614. The van der Waals surface area contributed by atoms with Gasteiger partial charge in [0.05, 0.1) is 16.9 Å². The number of nitrogens with zero attached hydrogens (tertiary/aromatic N) is 2. The third-order valence-electron chi connectivity index (χ3n) is 7.80. The number of nitrogens with one attached hydrogen (secondary N) is 1. The van der Waals surface area contributed by atoms with Gasteiger partial charge in [-0.3, -0.25) is 4.79 Å². The number of hydrogen-bond acceptors (Lipinski definition) is 3. The first-order valence-electron chi connectivity index (χ1n) is 11.5. The Bertz CT molecular complexity index is 1170. The molecule has 1 N–H and O–H groups in total. The predicted molar refractivity (Wildman–Crippen MR) is 123 cm³/mol. The van der Waals surface area contributed by atoms with E-state index in [2.05, 4.69) is 40.1 Å². The lowest BCUT2D eigenvalue weighted by Gasteiger charge is -2.55. The maximum Gasteiger partial charge on any atom is 0.254 e. The lowest BCUT2D eigenvalue weighted by molar-refractivity contribution is -0.142. The molecule has 4 saturated carbocycles. The highest BCUT2D eigenvalue weighted by Gasteiger charge is 2.54. The lowest BCUT2D eigenvalue weighted by Crippen LogP contribution is -2.49. The number of amides is 1. The molecule has 2 heterocycles. The molecule has 0 aliphatic heterocycles. The Morgan fingerprint density at radius 2 is 1.90 bits per heavy atom. The molecule has 0 saturated heterocycles. The van der Waals surface area contributed by atoms with Gasteiger partial charge in [-0.25, -0.2) is 0 Å². The fourth-order valence-corrected chi connectivity index (χ4v) is 7.84. The zero-order chi connectivity index (χ0) is 21.0. The highest BCUT2D eigenvalue weighted by Crippen LogP contribution is 2.60. The lowest BCUT2D eigenvalue weighted by atomic mass is 9.49. The van der Waals surface area contributed by atoms with Gasteiger partial charge in [-0.1, -0.05) is 29.5 Å². The number of hydrogen-bond donors (Lipinski definition) is 1. The molecular weight excluding hydrogens is 406 g/mol. The van der Waals surface area contributed by atoms with Crippen molar-refractivity contribution >= 4 is 28.1 Å². The Kier molecular flexibility index (Phi) is 4.69. The predicted octanol–water partition coefficient (Wildman–Crippen LogP) is 4.99. The van der Waals surface area contributed by atoms with E-state index in [1.807, 2.05) is 6.07 Å². The summed E-state index contributed by atoms with van der Waals surface area (Å²) in [5.74, 6) is 2.37. The van der Waals surface area contributed by atoms with E-state index in [0.717, 1.165) is 57.8 Å². The maximum atomic E-state index is 13.6. The van der Waals surface area contributed by atoms with Gasteiger partial charge in [-0.15, -0.1) is 0 Å². The van der Waals surface area contributed by atoms with Crippen LogP contribution >= 0.6 is 11.3 Å². The molecule has 1 aromatic carbocycles. The SMILES string of the molecule is COCCn1cc(-c2c[nH]c3ccccc23)sc1=NC(=O)C12CC3CC(CC(C3)C1)C2. The smallest absolute Gasteiger partial charge is 0.254 e. The van der Waals surface area contributed by atoms with E-state index >= 15 is 0 Å². The first-order valence-corrected chi connectivity index (χ1v) is 12.3. The second-order valence-electron chi connectivity index (χ2n) is 9.93. The molecule has 4 aliphatic carbocycles. The number of carbonyl (C=O) groups excluding carboxylic acids is 1. The number of aromatic nitrogens is 2. The van der Waals surface area contributed by atoms with Gasteiger partial charge < -0.3 is 14.3 Å². The van der Waals surface area contributed by atoms with E-state index in [-0.39, 0.29) is 11.3 Å². The Balaban J connectivity index is 1.39. The van der Waals surface area contributed by atoms with E-state index in [9.17, 15) is 4.79 Å². The Morgan fingerprint density at radius 3 is 2.61 bits per heavy atom. The average Bonchev–Trinajstić information content (AvgIpc) is 3.35. The second kappa shape index (κ2) is 7.45. The Labute approximate surface area is 186 Å². The molecule has 0 radical (unpaired) electrons. The van der Waals surface area contributed by atoms with Crippen LogP contribution in [0.3, 0.4) is 0 Å². The largest absolute Gasteiger partial charge is 0.383 e. The van der Waals surface area contributed by atoms with Gasteiger partial charge in [0, 0.05) is 42.5 Å². The van der Waals surface area contributed by atoms with Crippen LogP contribution in [-0.2, 0) is 16.1 Å². The molecule has 4 bridgehead atoms. The monoisotopic (exact) mass is 435 g/mol. The van der Waals surface area contributed by atoms with E-state index in [1.165, 1.54) is 24.6 Å². The topological polar surface area (TPSA) is 59.4 Å². The van der Waals surface area contributed by atoms with Gasteiger partial charge in [0.15, 0.2) is 4.80 Å². The normalized spacial score (nSPS) is 29.8. The number of thiazole rings is 1. The average molecular weight is 436 g/mol. The summed E-state index contributed by atoms with van der Waals surface area (Å²) in [6, 6.07) is 8.33. The summed E-state index contributed by atoms with van der Waals surface area (Å²) in [4.78, 5) is 23.7. The number of H-pyrrole nitrogens is 1. The van der Waals surface area contributed by atoms with Crippen molar-refractivity contribution in [2.45, 2.75) is 45.1 Å². The molecule has 4 fully saturated rings. The molecule has 5 nitrogen and oxygen atoms in total. The summed E-state index contributed by atoms with van der Waals surface area (Å²) < 4.78 is 7.43. The van der Waals surface area contributed by atoms with Crippen LogP contribution in [0.2, 0.25) is 0 Å². The number of ether oxygens (including phenoxy) is 1. The molecule has 0 unspecified atom stereocenters. The van der Waals surface area contributed by atoms with Crippen molar-refractivity contribution in [3.05, 3.63) is 41.5 Å². The van der Waals surface area contributed by atoms with Crippen LogP contribution in [0.5, 0.6) is 0 Å². The van der Waals surface area contributed by atoms with E-state index in [4.69, 9.17) is 9.73 Å². The first kappa shape index (κ1) is 19.5. The third-order valence-corrected chi connectivity index (χ3v) is 8.85. The molecule has 31 heavy (non-hydrogen) atoms. The third kappa shape index (κ3) is 3.31. The molecule has 1 amide bonds. The summed E-state index contributed by atoms with van der Waals surface area (Å²) >= 11 is 1.61. The van der Waals surface area contributed by atoms with E-state index in [1.54, 1.807) is 18.4 Å². The minimum absolute atomic E-state index is 0.130. The van der Waals surface area contributed by atoms with Gasteiger partial charge in [0.25, 0.3) is 5.91 Å². The highest BCUT2D eigenvalue weighted by atomic mass is 32.1. The molecular formula is C25H29N3O2S. The second-order valence-corrected chi connectivity index (χ2v) is 10.9. The number of aromatic amines is 1. The number of methoxy groups -OCH3 is 1. The van der Waals surface area contributed by atoms with Crippen molar-refractivity contribution in [3.63, 3.8) is 0 Å². The van der Waals surface area contributed by atoms with Crippen molar-refractivity contribution in [1.29, 1.82) is 0 Å². The van der Waals surface area contributed by atoms with Crippen LogP contribution < -0.4 is 4.80 Å². The van der Waals surface area contributed by atoms with Crippen LogP contribution in [0.25, 0.3) is 21.3 Å². The fraction of sp³-hybridized carbons (Fsp3) is 0.520. The molecule has 162 valence electrons. The van der Waals surface area contributed by atoms with Crippen molar-refractivity contribution < 1.29 is 9.53 Å². The fourth-order valence-electron chi connectivity index (χ4n) is 6.79. The maximum absolute atomic E-state index is 13.6. The molecule has 2 aromatic heterocycles. The number of fused-ring (bicyclic) bond motifs is 1. The van der Waals surface area contributed by atoms with E-state index < -0.39 is 0 Å². The number of benzene rings is 1. The van der Waals surface area contributed by atoms with Gasteiger partial charge in [0.1, 0.15) is 0 Å². The number of carbonyl (C=O) groups is 1. The zero-order valence-corrected chi connectivity index (χ0v) is 18.8. The zero-order valence-electron chi connectivity index (χ0n) is 18.0. The van der Waals surface area contributed by atoms with Crippen molar-refractivity contribution in [2.75, 3.05) is 13.7 Å². The standard InChI is InChI=1S/C25H29N3O2S/c1-30-7-6-28-15-22(20-14-26-21-5-3-2-4-19(20)21)31-24(28)27-23(29)25-11-16-8-17(12-25)10-18(9-16)13-25/h2-5,14-18,26H,6-13H2,1H3. The molecule has 3 aromatic rings. The highest BCUT2D eigenvalue weighted by molar-refractivity contribution is 7.13. The van der Waals surface area contributed by atoms with Crippen molar-refractivity contribution in [1.82, 2.24) is 9.55 Å². The van der Waals surface area contributed by atoms with Crippen LogP contribution in [0.15, 0.2) is 41.7 Å². The van der Waals surface area contributed by atoms with Gasteiger partial charge >= 0.3 is 0 Å². The minimum Gasteiger partial charge on any atom is -0.383 e. The van der Waals surface area contributed by atoms with Gasteiger partial charge in [-0.2, -0.15) is 4.99 Å². The summed E-state index contributed by atoms with van der Waals surface area (Å²) in [5, 5.41) is 1.20. The summed E-state index contributed by atoms with van der Waals surface area (Å²) in [6.45, 7) is 1.30. The van der Waals surface area contributed by atoms with Crippen LogP contribution in [-0.4, -0.2) is 29.2 Å². The Hall–Kier alpha value is -2.18. The van der Waals surface area contributed by atoms with Crippen molar-refractivity contribution in [2.24, 2.45) is 28.2 Å². The van der Waals surface area contributed by atoms with Crippen LogP contribution in [0.1, 0.15) is 38.5 Å². The summed E-state index contributed by atoms with van der Waals surface area (Å²) in [5.41, 5.74) is 2.09. The van der Waals surface area contributed by atoms with Crippen LogP contribution in [0, 0.1) is 23.2 Å². The summed E-state index contributed by atoms with van der Waals surface area (Å²) in [6.07, 6.45) is 11.4. The molecule has 4 aliphatic rings. The molecule has 0 atom stereocenters.